The van der Waals surface area contributed by atoms with Crippen molar-refractivity contribution in [2.24, 2.45) is 7.05 Å². The molecule has 0 radical (unpaired) electrons. The van der Waals surface area contributed by atoms with Gasteiger partial charge in [-0.15, -0.1) is 0 Å². The van der Waals surface area contributed by atoms with E-state index in [0.29, 0.717) is 16.7 Å². The van der Waals surface area contributed by atoms with Crippen LogP contribution in [0.3, 0.4) is 0 Å². The highest BCUT2D eigenvalue weighted by atomic mass is 79.9. The number of amides is 1. The number of halogens is 5. The lowest BCUT2D eigenvalue weighted by Crippen LogP contribution is -2.13. The zero-order valence-corrected chi connectivity index (χ0v) is 20.1. The topological polar surface area (TPSA) is 68.2 Å². The molecule has 2 N–H and O–H groups in total. The molecule has 34 heavy (non-hydrogen) atoms. The van der Waals surface area contributed by atoms with E-state index in [1.165, 1.54) is 31.4 Å². The summed E-state index contributed by atoms with van der Waals surface area (Å²) < 4.78 is 48.5. The summed E-state index contributed by atoms with van der Waals surface area (Å²) in [6.45, 7) is 0. The standard InChI is InChI=1S/C23H17BrClF3N4O2/c1-32-18-11-19(34-2)14(21(33)29-13-8-6-12(24)7-9-13)10-17(18)31-22(32)30-16-5-3-4-15(25)20(16)23(26,27)28/h3-11H,1-2H3,(H,29,33)(H,30,31). The van der Waals surface area contributed by atoms with Gasteiger partial charge >= 0.3 is 6.18 Å². The van der Waals surface area contributed by atoms with Crippen molar-refractivity contribution in [1.82, 2.24) is 9.55 Å². The van der Waals surface area contributed by atoms with E-state index in [9.17, 15) is 18.0 Å². The summed E-state index contributed by atoms with van der Waals surface area (Å²) in [5.41, 5.74) is 0.521. The molecule has 0 spiro atoms. The minimum Gasteiger partial charge on any atom is -0.496 e. The number of methoxy groups -OCH3 is 1. The molecule has 0 atom stereocenters. The van der Waals surface area contributed by atoms with Crippen molar-refractivity contribution in [3.63, 3.8) is 0 Å². The number of benzene rings is 3. The lowest BCUT2D eigenvalue weighted by atomic mass is 10.1. The van der Waals surface area contributed by atoms with Crippen molar-refractivity contribution in [2.45, 2.75) is 6.18 Å². The predicted molar refractivity (Wildman–Crippen MR) is 129 cm³/mol. The normalized spacial score (nSPS) is 11.5. The molecule has 176 valence electrons. The molecule has 1 aromatic heterocycles. The van der Waals surface area contributed by atoms with Crippen LogP contribution in [0.4, 0.5) is 30.5 Å². The number of carbonyl (C=O) groups excluding carboxylic acids is 1. The van der Waals surface area contributed by atoms with Crippen LogP contribution in [0.25, 0.3) is 11.0 Å². The summed E-state index contributed by atoms with van der Waals surface area (Å²) >= 11 is 9.16. The third-order valence-corrected chi connectivity index (χ3v) is 5.94. The average Bonchev–Trinajstić information content (AvgIpc) is 3.08. The third-order valence-electron chi connectivity index (χ3n) is 5.09. The molecule has 4 rings (SSSR count). The molecule has 1 heterocycles. The van der Waals surface area contributed by atoms with E-state index in [-0.39, 0.29) is 22.9 Å². The minimum absolute atomic E-state index is 0.135. The summed E-state index contributed by atoms with van der Waals surface area (Å²) in [6.07, 6.45) is -4.66. The van der Waals surface area contributed by atoms with Gasteiger partial charge in [-0.05, 0) is 42.5 Å². The van der Waals surface area contributed by atoms with E-state index in [1.54, 1.807) is 41.9 Å². The van der Waals surface area contributed by atoms with Gasteiger partial charge in [0.1, 0.15) is 5.75 Å². The number of hydrogen-bond donors (Lipinski definition) is 2. The third kappa shape index (κ3) is 4.69. The highest BCUT2D eigenvalue weighted by molar-refractivity contribution is 9.10. The molecule has 3 aromatic carbocycles. The molecule has 11 heteroatoms. The highest BCUT2D eigenvalue weighted by Crippen LogP contribution is 2.41. The van der Waals surface area contributed by atoms with Crippen LogP contribution in [0.1, 0.15) is 15.9 Å². The number of aryl methyl sites for hydroxylation is 1. The molecule has 4 aromatic rings. The average molecular weight is 554 g/mol. The molecular weight excluding hydrogens is 537 g/mol. The molecule has 1 amide bonds. The number of aromatic nitrogens is 2. The Morgan fingerprint density at radius 1 is 1.15 bits per heavy atom. The van der Waals surface area contributed by atoms with E-state index in [4.69, 9.17) is 16.3 Å². The fourth-order valence-corrected chi connectivity index (χ4v) is 3.99. The van der Waals surface area contributed by atoms with Gasteiger partial charge in [0.05, 0.1) is 40.0 Å². The first-order valence-corrected chi connectivity index (χ1v) is 11.0. The molecule has 0 aliphatic carbocycles. The summed E-state index contributed by atoms with van der Waals surface area (Å²) in [5, 5.41) is 5.07. The zero-order valence-electron chi connectivity index (χ0n) is 17.8. The van der Waals surface area contributed by atoms with Crippen molar-refractivity contribution in [2.75, 3.05) is 17.7 Å². The Kier molecular flexibility index (Phi) is 6.46. The van der Waals surface area contributed by atoms with Crippen molar-refractivity contribution in [3.05, 3.63) is 75.2 Å². The van der Waals surface area contributed by atoms with Crippen LogP contribution in [0.5, 0.6) is 5.75 Å². The van der Waals surface area contributed by atoms with Crippen LogP contribution in [0.2, 0.25) is 5.02 Å². The van der Waals surface area contributed by atoms with Gasteiger partial charge in [-0.3, -0.25) is 4.79 Å². The van der Waals surface area contributed by atoms with Gasteiger partial charge < -0.3 is 19.9 Å². The lowest BCUT2D eigenvalue weighted by Gasteiger charge is -2.15. The molecule has 0 bridgehead atoms. The van der Waals surface area contributed by atoms with E-state index in [1.807, 2.05) is 0 Å². The number of ether oxygens (including phenoxy) is 1. The Bertz CT molecular complexity index is 1390. The number of nitrogens with one attached hydrogen (secondary N) is 2. The maximum atomic E-state index is 13.5. The van der Waals surface area contributed by atoms with Crippen LogP contribution in [0.15, 0.2) is 59.1 Å². The Hall–Kier alpha value is -3.24. The second-order valence-electron chi connectivity index (χ2n) is 7.28. The Labute approximate surface area is 205 Å². The van der Waals surface area contributed by atoms with Crippen molar-refractivity contribution in [3.8, 4) is 5.75 Å². The zero-order chi connectivity index (χ0) is 24.6. The number of rotatable bonds is 5. The first-order valence-electron chi connectivity index (χ1n) is 9.82. The summed E-state index contributed by atoms with van der Waals surface area (Å²) in [4.78, 5) is 17.3. The Morgan fingerprint density at radius 2 is 1.85 bits per heavy atom. The number of nitrogens with zero attached hydrogens (tertiary/aromatic N) is 2. The van der Waals surface area contributed by atoms with Crippen LogP contribution in [-0.4, -0.2) is 22.6 Å². The Balaban J connectivity index is 1.72. The van der Waals surface area contributed by atoms with Gasteiger partial charge in [0.2, 0.25) is 5.95 Å². The fraction of sp³-hybridized carbons (Fsp3) is 0.130. The second kappa shape index (κ2) is 9.19. The fourth-order valence-electron chi connectivity index (χ4n) is 3.45. The predicted octanol–water partition coefficient (Wildman–Crippen LogP) is 7.01. The summed E-state index contributed by atoms with van der Waals surface area (Å²) in [7, 11) is 3.06. The number of hydrogen-bond acceptors (Lipinski definition) is 4. The first kappa shape index (κ1) is 23.9. The maximum absolute atomic E-state index is 13.5. The molecule has 0 aliphatic heterocycles. The van der Waals surface area contributed by atoms with Crippen molar-refractivity contribution >= 4 is 61.8 Å². The number of imidazole rings is 1. The summed E-state index contributed by atoms with van der Waals surface area (Å²) in [6, 6.07) is 14.0. The van der Waals surface area contributed by atoms with Crippen molar-refractivity contribution in [1.29, 1.82) is 0 Å². The molecule has 0 fully saturated rings. The molecule has 0 unspecified atom stereocenters. The second-order valence-corrected chi connectivity index (χ2v) is 8.60. The quantitative estimate of drug-likeness (QED) is 0.279. The van der Waals surface area contributed by atoms with Gasteiger partial charge in [-0.1, -0.05) is 33.6 Å². The molecule has 6 nitrogen and oxygen atoms in total. The monoisotopic (exact) mass is 552 g/mol. The largest absolute Gasteiger partial charge is 0.496 e. The lowest BCUT2D eigenvalue weighted by molar-refractivity contribution is -0.136. The van der Waals surface area contributed by atoms with Crippen LogP contribution < -0.4 is 15.4 Å². The molecule has 0 saturated carbocycles. The van der Waals surface area contributed by atoms with Gasteiger partial charge in [0.15, 0.2) is 0 Å². The number of carbonyl (C=O) groups is 1. The van der Waals surface area contributed by atoms with Gasteiger partial charge in [-0.2, -0.15) is 13.2 Å². The van der Waals surface area contributed by atoms with Crippen molar-refractivity contribution < 1.29 is 22.7 Å². The van der Waals surface area contributed by atoms with Gasteiger partial charge in [0, 0.05) is 23.3 Å². The van der Waals surface area contributed by atoms with Crippen LogP contribution in [-0.2, 0) is 13.2 Å². The number of anilines is 3. The van der Waals surface area contributed by atoms with E-state index < -0.39 is 22.7 Å². The van der Waals surface area contributed by atoms with Crippen LogP contribution in [0, 0.1) is 0 Å². The van der Waals surface area contributed by atoms with Gasteiger partial charge in [-0.25, -0.2) is 4.98 Å². The van der Waals surface area contributed by atoms with E-state index in [2.05, 4.69) is 31.5 Å². The maximum Gasteiger partial charge on any atom is 0.419 e. The molecule has 0 aliphatic rings. The van der Waals surface area contributed by atoms with Gasteiger partial charge in [0.25, 0.3) is 5.91 Å². The molecule has 0 saturated heterocycles. The summed E-state index contributed by atoms with van der Waals surface area (Å²) in [5.74, 6) is 0.00104. The smallest absolute Gasteiger partial charge is 0.419 e. The van der Waals surface area contributed by atoms with E-state index in [0.717, 1.165) is 4.47 Å². The van der Waals surface area contributed by atoms with E-state index >= 15 is 0 Å². The number of fused-ring (bicyclic) bond motifs is 1. The van der Waals surface area contributed by atoms with Crippen LogP contribution >= 0.6 is 27.5 Å². The first-order chi connectivity index (χ1) is 16.1. The molecular formula is C23H17BrClF3N4O2. The number of alkyl halides is 3. The highest BCUT2D eigenvalue weighted by Gasteiger charge is 2.36. The Morgan fingerprint density at radius 3 is 2.50 bits per heavy atom. The minimum atomic E-state index is -4.66. The SMILES string of the molecule is COc1cc2c(cc1C(=O)Nc1ccc(Br)cc1)nc(Nc1cccc(Cl)c1C(F)(F)F)n2C.